The van der Waals surface area contributed by atoms with E-state index in [0.717, 1.165) is 6.07 Å². The van der Waals surface area contributed by atoms with Gasteiger partial charge in [0.2, 0.25) is 0 Å². The second kappa shape index (κ2) is 9.13. The molecule has 0 fully saturated rings. The Bertz CT molecular complexity index is 902. The van der Waals surface area contributed by atoms with Gasteiger partial charge in [0.25, 0.3) is 5.69 Å². The molecule has 0 saturated heterocycles. The van der Waals surface area contributed by atoms with Crippen LogP contribution in [0.5, 0.6) is 11.5 Å². The Morgan fingerprint density at radius 3 is 2.45 bits per heavy atom. The van der Waals surface area contributed by atoms with Crippen molar-refractivity contribution in [1.29, 1.82) is 0 Å². The Morgan fingerprint density at radius 1 is 1.14 bits per heavy atom. The summed E-state index contributed by atoms with van der Waals surface area (Å²) in [4.78, 5) is 22.0. The lowest BCUT2D eigenvalue weighted by Gasteiger charge is -2.12. The molecule has 0 saturated carbocycles. The number of ether oxygens (including phenoxy) is 3. The van der Waals surface area contributed by atoms with Crippen LogP contribution in [0.25, 0.3) is 0 Å². The molecule has 11 heteroatoms. The standard InChI is InChI=1S/C18H17F3N2O6/c1-27-13-4-6-16(28-2)11(7-13)10-29-17(24)9-22-14-5-3-12(18(19,20)21)8-15(14)23(25)26/h3-8,22H,9-10H2,1-2H3. The molecule has 0 bridgehead atoms. The predicted molar refractivity (Wildman–Crippen MR) is 95.9 cm³/mol. The summed E-state index contributed by atoms with van der Waals surface area (Å²) in [6, 6.07) is 6.87. The zero-order valence-corrected chi connectivity index (χ0v) is 15.4. The first-order valence-corrected chi connectivity index (χ1v) is 8.11. The van der Waals surface area contributed by atoms with Gasteiger partial charge in [0.1, 0.15) is 30.3 Å². The number of methoxy groups -OCH3 is 2. The average molecular weight is 414 g/mol. The molecule has 0 amide bonds. The van der Waals surface area contributed by atoms with E-state index in [1.54, 1.807) is 18.2 Å². The van der Waals surface area contributed by atoms with Crippen LogP contribution in [0.4, 0.5) is 24.5 Å². The normalized spacial score (nSPS) is 10.9. The summed E-state index contributed by atoms with van der Waals surface area (Å²) < 4.78 is 53.5. The molecule has 8 nitrogen and oxygen atoms in total. The second-order valence-corrected chi connectivity index (χ2v) is 5.68. The number of nitrogens with zero attached hydrogens (tertiary/aromatic N) is 1. The minimum absolute atomic E-state index is 0.157. The number of hydrogen-bond donors (Lipinski definition) is 1. The minimum atomic E-state index is -4.72. The summed E-state index contributed by atoms with van der Waals surface area (Å²) in [6.07, 6.45) is -4.72. The fourth-order valence-electron chi connectivity index (χ4n) is 2.38. The van der Waals surface area contributed by atoms with E-state index < -0.39 is 34.9 Å². The van der Waals surface area contributed by atoms with Gasteiger partial charge in [-0.2, -0.15) is 13.2 Å². The Hall–Kier alpha value is -3.50. The number of rotatable bonds is 8. The molecule has 0 aliphatic carbocycles. The van der Waals surface area contributed by atoms with Crippen molar-refractivity contribution in [2.75, 3.05) is 26.1 Å². The van der Waals surface area contributed by atoms with E-state index >= 15 is 0 Å². The second-order valence-electron chi connectivity index (χ2n) is 5.68. The molecule has 2 rings (SSSR count). The highest BCUT2D eigenvalue weighted by Crippen LogP contribution is 2.35. The summed E-state index contributed by atoms with van der Waals surface area (Å²) in [5, 5.41) is 13.5. The van der Waals surface area contributed by atoms with Gasteiger partial charge in [-0.15, -0.1) is 0 Å². The Labute approximate surface area is 163 Å². The molecule has 0 aromatic heterocycles. The number of anilines is 1. The van der Waals surface area contributed by atoms with E-state index in [0.29, 0.717) is 29.2 Å². The molecule has 0 unspecified atom stereocenters. The molecule has 2 aromatic carbocycles. The largest absolute Gasteiger partial charge is 0.497 e. The number of alkyl halides is 3. The van der Waals surface area contributed by atoms with E-state index in [-0.39, 0.29) is 12.3 Å². The van der Waals surface area contributed by atoms with E-state index in [2.05, 4.69) is 5.32 Å². The van der Waals surface area contributed by atoms with Gasteiger partial charge in [0.15, 0.2) is 0 Å². The van der Waals surface area contributed by atoms with Gasteiger partial charge in [-0.25, -0.2) is 0 Å². The maximum absolute atomic E-state index is 12.7. The monoisotopic (exact) mass is 414 g/mol. The number of halogens is 3. The summed E-state index contributed by atoms with van der Waals surface area (Å²) in [5.74, 6) is 0.212. The lowest BCUT2D eigenvalue weighted by atomic mass is 10.1. The zero-order chi connectivity index (χ0) is 21.6. The first-order chi connectivity index (χ1) is 13.7. The van der Waals surface area contributed by atoms with Gasteiger partial charge in [-0.1, -0.05) is 0 Å². The van der Waals surface area contributed by atoms with Crippen LogP contribution in [-0.4, -0.2) is 31.7 Å². The number of benzene rings is 2. The minimum Gasteiger partial charge on any atom is -0.497 e. The van der Waals surface area contributed by atoms with Crippen LogP contribution in [0.1, 0.15) is 11.1 Å². The number of hydrogen-bond acceptors (Lipinski definition) is 7. The van der Waals surface area contributed by atoms with Crippen LogP contribution in [0.15, 0.2) is 36.4 Å². The van der Waals surface area contributed by atoms with Gasteiger partial charge in [0.05, 0.1) is 24.7 Å². The first kappa shape index (κ1) is 21.8. The number of nitro groups is 1. The lowest BCUT2D eigenvalue weighted by Crippen LogP contribution is -2.18. The van der Waals surface area contributed by atoms with Crippen LogP contribution in [0.3, 0.4) is 0 Å². The number of carbonyl (C=O) groups is 1. The number of nitro benzene ring substituents is 1. The SMILES string of the molecule is COc1ccc(OC)c(COC(=O)CNc2ccc(C(F)(F)F)cc2[N+](=O)[O-])c1. The molecule has 1 N–H and O–H groups in total. The third kappa shape index (κ3) is 5.74. The maximum Gasteiger partial charge on any atom is 0.416 e. The van der Waals surface area contributed by atoms with Gasteiger partial charge in [-0.05, 0) is 30.3 Å². The van der Waals surface area contributed by atoms with Gasteiger partial charge in [-0.3, -0.25) is 14.9 Å². The van der Waals surface area contributed by atoms with E-state index in [9.17, 15) is 28.1 Å². The van der Waals surface area contributed by atoms with Crippen LogP contribution >= 0.6 is 0 Å². The average Bonchev–Trinajstić information content (AvgIpc) is 2.69. The van der Waals surface area contributed by atoms with Gasteiger partial charge >= 0.3 is 12.1 Å². The molecule has 0 aliphatic rings. The van der Waals surface area contributed by atoms with E-state index in [1.165, 1.54) is 14.2 Å². The highest BCUT2D eigenvalue weighted by molar-refractivity contribution is 5.77. The fraction of sp³-hybridized carbons (Fsp3) is 0.278. The lowest BCUT2D eigenvalue weighted by molar-refractivity contribution is -0.384. The molecule has 0 aliphatic heterocycles. The fourth-order valence-corrected chi connectivity index (χ4v) is 2.38. The molecule has 2 aromatic rings. The van der Waals surface area contributed by atoms with Crippen molar-refractivity contribution in [3.8, 4) is 11.5 Å². The van der Waals surface area contributed by atoms with E-state index in [4.69, 9.17) is 14.2 Å². The zero-order valence-electron chi connectivity index (χ0n) is 15.4. The molecule has 29 heavy (non-hydrogen) atoms. The van der Waals surface area contributed by atoms with Crippen molar-refractivity contribution < 1.29 is 37.1 Å². The Kier molecular flexibility index (Phi) is 6.86. The van der Waals surface area contributed by atoms with Crippen molar-refractivity contribution in [2.45, 2.75) is 12.8 Å². The van der Waals surface area contributed by atoms with Crippen LogP contribution in [0, 0.1) is 10.1 Å². The topological polar surface area (TPSA) is 99.9 Å². The van der Waals surface area contributed by atoms with Crippen molar-refractivity contribution in [1.82, 2.24) is 0 Å². The van der Waals surface area contributed by atoms with Crippen LogP contribution in [-0.2, 0) is 22.3 Å². The third-order valence-electron chi connectivity index (χ3n) is 3.82. The molecular weight excluding hydrogens is 397 g/mol. The Morgan fingerprint density at radius 2 is 1.86 bits per heavy atom. The number of nitrogens with one attached hydrogen (secondary N) is 1. The first-order valence-electron chi connectivity index (χ1n) is 8.11. The summed E-state index contributed by atoms with van der Waals surface area (Å²) >= 11 is 0. The summed E-state index contributed by atoms with van der Waals surface area (Å²) in [7, 11) is 2.91. The van der Waals surface area contributed by atoms with Crippen molar-refractivity contribution >= 4 is 17.3 Å². The molecule has 0 radical (unpaired) electrons. The van der Waals surface area contributed by atoms with Gasteiger partial charge in [0, 0.05) is 11.6 Å². The van der Waals surface area contributed by atoms with Crippen molar-refractivity contribution in [3.05, 3.63) is 57.6 Å². The van der Waals surface area contributed by atoms with Gasteiger partial charge < -0.3 is 19.5 Å². The van der Waals surface area contributed by atoms with Crippen LogP contribution in [0.2, 0.25) is 0 Å². The highest BCUT2D eigenvalue weighted by atomic mass is 19.4. The maximum atomic E-state index is 12.7. The third-order valence-corrected chi connectivity index (χ3v) is 3.82. The molecular formula is C18H17F3N2O6. The quantitative estimate of drug-likeness (QED) is 0.399. The number of carbonyl (C=O) groups excluding carboxylic acids is 1. The smallest absolute Gasteiger partial charge is 0.416 e. The summed E-state index contributed by atoms with van der Waals surface area (Å²) in [5.41, 5.74) is -1.68. The van der Waals surface area contributed by atoms with E-state index in [1.807, 2.05) is 0 Å². The van der Waals surface area contributed by atoms with Crippen molar-refractivity contribution in [2.24, 2.45) is 0 Å². The molecule has 0 atom stereocenters. The molecule has 156 valence electrons. The highest BCUT2D eigenvalue weighted by Gasteiger charge is 2.33. The van der Waals surface area contributed by atoms with Crippen molar-refractivity contribution in [3.63, 3.8) is 0 Å². The summed E-state index contributed by atoms with van der Waals surface area (Å²) in [6.45, 7) is -0.644. The molecule has 0 heterocycles. The number of esters is 1. The predicted octanol–water partition coefficient (Wildman–Crippen LogP) is 3.79. The molecule has 0 spiro atoms. The van der Waals surface area contributed by atoms with Crippen LogP contribution < -0.4 is 14.8 Å². The Balaban J connectivity index is 2.03.